The minimum atomic E-state index is -4.94. The summed E-state index contributed by atoms with van der Waals surface area (Å²) in [7, 11) is 1.94. The van der Waals surface area contributed by atoms with Crippen LogP contribution in [0.15, 0.2) is 12.1 Å². The van der Waals surface area contributed by atoms with Crippen molar-refractivity contribution in [2.45, 2.75) is 93.2 Å². The van der Waals surface area contributed by atoms with Gasteiger partial charge in [-0.2, -0.15) is 23.1 Å². The number of alkyl halides is 4. The molecule has 3 N–H and O–H groups in total. The molecule has 0 bridgehead atoms. The van der Waals surface area contributed by atoms with Crippen LogP contribution in [0.1, 0.15) is 69.8 Å². The van der Waals surface area contributed by atoms with E-state index >= 15 is 4.39 Å². The molecular formula is C34H39ClF5N7O2. The number of likely N-dealkylation sites (N-methyl/N-ethyl adjacent to an activating group) is 1. The van der Waals surface area contributed by atoms with Crippen molar-refractivity contribution >= 4 is 34.0 Å². The quantitative estimate of drug-likeness (QED) is 0.205. The molecule has 0 unspecified atom stereocenters. The average molecular weight is 708 g/mol. The van der Waals surface area contributed by atoms with Crippen molar-refractivity contribution in [3.63, 3.8) is 0 Å². The number of pyridine rings is 1. The predicted molar refractivity (Wildman–Crippen MR) is 175 cm³/mol. The van der Waals surface area contributed by atoms with Crippen molar-refractivity contribution in [2.24, 2.45) is 0 Å². The number of fused-ring (bicyclic) bond motifs is 1. The summed E-state index contributed by atoms with van der Waals surface area (Å²) in [6, 6.07) is 1.84. The molecule has 5 heterocycles. The number of hydrogen-bond donors (Lipinski definition) is 2. The summed E-state index contributed by atoms with van der Waals surface area (Å²) in [4.78, 5) is 18.2. The second-order valence-electron chi connectivity index (χ2n) is 14.6. The molecule has 2 saturated heterocycles. The Hall–Kier alpha value is -3.23. The fourth-order valence-corrected chi connectivity index (χ4v) is 9.17. The molecule has 4 fully saturated rings. The number of anilines is 2. The molecular weight excluding hydrogens is 669 g/mol. The molecule has 5 aliphatic rings. The van der Waals surface area contributed by atoms with Crippen LogP contribution in [0.4, 0.5) is 33.5 Å². The molecule has 2 atom stereocenters. The molecule has 3 aromatic rings. The van der Waals surface area contributed by atoms with Crippen LogP contribution in [0.2, 0.25) is 5.02 Å². The number of ether oxygens (including phenoxy) is 2. The van der Waals surface area contributed by atoms with Crippen LogP contribution in [0.25, 0.3) is 22.2 Å². The summed E-state index contributed by atoms with van der Waals surface area (Å²) in [6.07, 6.45) is 2.32. The van der Waals surface area contributed by atoms with E-state index in [1.807, 2.05) is 7.05 Å². The Morgan fingerprint density at radius 2 is 1.86 bits per heavy atom. The normalized spacial score (nSPS) is 25.8. The van der Waals surface area contributed by atoms with E-state index in [-0.39, 0.29) is 52.8 Å². The zero-order valence-corrected chi connectivity index (χ0v) is 28.0. The van der Waals surface area contributed by atoms with E-state index in [1.54, 1.807) is 0 Å². The first-order valence-corrected chi connectivity index (χ1v) is 17.4. The smallest absolute Gasteiger partial charge is 0.418 e. The van der Waals surface area contributed by atoms with Gasteiger partial charge in [0.2, 0.25) is 5.88 Å². The molecule has 2 aromatic heterocycles. The Labute approximate surface area is 285 Å². The van der Waals surface area contributed by atoms with Gasteiger partial charge in [-0.15, -0.1) is 0 Å². The van der Waals surface area contributed by atoms with Gasteiger partial charge in [-0.05, 0) is 77.1 Å². The predicted octanol–water partition coefficient (Wildman–Crippen LogP) is 6.69. The summed E-state index contributed by atoms with van der Waals surface area (Å²) >= 11 is 6.08. The monoisotopic (exact) mass is 707 g/mol. The van der Waals surface area contributed by atoms with E-state index in [2.05, 4.69) is 25.1 Å². The Kier molecular flexibility index (Phi) is 7.84. The lowest BCUT2D eigenvalue weighted by Crippen LogP contribution is -2.64. The maximum absolute atomic E-state index is 17.0. The Morgan fingerprint density at radius 1 is 1.08 bits per heavy atom. The van der Waals surface area contributed by atoms with Crippen LogP contribution in [-0.4, -0.2) is 82.5 Å². The highest BCUT2D eigenvalue weighted by molar-refractivity contribution is 6.32. The number of benzene rings is 1. The molecule has 2 aliphatic carbocycles. The molecule has 15 heteroatoms. The minimum absolute atomic E-state index is 0.0810. The molecule has 1 aromatic carbocycles. The Morgan fingerprint density at radius 3 is 2.53 bits per heavy atom. The van der Waals surface area contributed by atoms with Gasteiger partial charge in [0, 0.05) is 48.3 Å². The SMILES string of the molecule is CNC1(CN2c3nc(OC[C@@]45CCCN4C[C@H](F)C5)nc4c(F)c(-c5cc(N)cc(Cl)c5C(F)(F)F)nc(c34)OCCC23CCC3)CCC1. The molecule has 9 nitrogen and oxygen atoms in total. The number of aromatic nitrogens is 3. The van der Waals surface area contributed by atoms with Crippen LogP contribution < -0.4 is 25.4 Å². The molecule has 0 amide bonds. The molecule has 2 saturated carbocycles. The van der Waals surface area contributed by atoms with E-state index in [4.69, 9.17) is 31.8 Å². The van der Waals surface area contributed by atoms with Gasteiger partial charge in [0.05, 0.1) is 22.7 Å². The zero-order valence-electron chi connectivity index (χ0n) is 27.2. The number of nitrogens with zero attached hydrogens (tertiary/aromatic N) is 5. The standard InChI is InChI=1S/C34H39ClF5N7O2/c1-42-31(5-2-6-31)17-47-28-23-27(44-30(45-28)49-18-33-9-4-11-46(33)16-19(36)15-33)25(37)26(43-29(23)48-12-10-32(47)7-3-8-32)21-13-20(41)14-22(35)24(21)34(38,39)40/h13-14,19,42H,2-12,15-18,41H2,1H3/t19-,33+/m1/s1. The maximum Gasteiger partial charge on any atom is 0.418 e. The van der Waals surface area contributed by atoms with Gasteiger partial charge in [-0.25, -0.2) is 13.8 Å². The number of rotatable bonds is 7. The first-order chi connectivity index (χ1) is 23.4. The van der Waals surface area contributed by atoms with Crippen molar-refractivity contribution < 1.29 is 31.4 Å². The Balaban J connectivity index is 1.34. The topological polar surface area (TPSA) is 102 Å². The third kappa shape index (κ3) is 5.35. The minimum Gasteiger partial charge on any atom is -0.477 e. The molecule has 264 valence electrons. The van der Waals surface area contributed by atoms with Crippen LogP contribution in [-0.2, 0) is 6.18 Å². The van der Waals surface area contributed by atoms with E-state index < -0.39 is 45.5 Å². The highest BCUT2D eigenvalue weighted by atomic mass is 35.5. The maximum atomic E-state index is 17.0. The highest BCUT2D eigenvalue weighted by Gasteiger charge is 2.51. The van der Waals surface area contributed by atoms with Crippen LogP contribution in [0, 0.1) is 5.82 Å². The fourth-order valence-electron chi connectivity index (χ4n) is 8.83. The van der Waals surface area contributed by atoms with Gasteiger partial charge in [0.25, 0.3) is 0 Å². The first-order valence-electron chi connectivity index (χ1n) is 17.1. The zero-order chi connectivity index (χ0) is 34.3. The highest BCUT2D eigenvalue weighted by Crippen LogP contribution is 2.51. The van der Waals surface area contributed by atoms with Gasteiger partial charge in [0.1, 0.15) is 35.2 Å². The molecule has 49 heavy (non-hydrogen) atoms. The van der Waals surface area contributed by atoms with Crippen LogP contribution in [0.5, 0.6) is 11.9 Å². The molecule has 3 aliphatic heterocycles. The number of hydrogen-bond acceptors (Lipinski definition) is 9. The summed E-state index contributed by atoms with van der Waals surface area (Å²) in [5.41, 5.74) is 1.96. The number of nitrogens with two attached hydrogens (primary N) is 1. The number of nitrogens with one attached hydrogen (secondary N) is 1. The van der Waals surface area contributed by atoms with Crippen LogP contribution in [0.3, 0.4) is 0 Å². The molecule has 1 spiro atoms. The summed E-state index contributed by atoms with van der Waals surface area (Å²) in [6.45, 7) is 1.95. The van der Waals surface area contributed by atoms with Gasteiger partial charge < -0.3 is 25.4 Å². The summed E-state index contributed by atoms with van der Waals surface area (Å²) in [5.74, 6) is -0.822. The van der Waals surface area contributed by atoms with E-state index in [9.17, 15) is 17.6 Å². The van der Waals surface area contributed by atoms with Gasteiger partial charge >= 0.3 is 12.2 Å². The third-order valence-corrected chi connectivity index (χ3v) is 12.1. The van der Waals surface area contributed by atoms with Crippen molar-refractivity contribution in [3.05, 3.63) is 28.5 Å². The largest absolute Gasteiger partial charge is 0.477 e. The van der Waals surface area contributed by atoms with Crippen LogP contribution >= 0.6 is 11.6 Å². The summed E-state index contributed by atoms with van der Waals surface area (Å²) < 4.78 is 87.4. The lowest BCUT2D eigenvalue weighted by molar-refractivity contribution is -0.137. The second-order valence-corrected chi connectivity index (χ2v) is 15.0. The van der Waals surface area contributed by atoms with Gasteiger partial charge in [0.15, 0.2) is 5.82 Å². The van der Waals surface area contributed by atoms with E-state index in [0.717, 1.165) is 70.0 Å². The molecule has 0 radical (unpaired) electrons. The molecule has 8 rings (SSSR count). The van der Waals surface area contributed by atoms with Crippen molar-refractivity contribution in [2.75, 3.05) is 50.5 Å². The van der Waals surface area contributed by atoms with Gasteiger partial charge in [-0.3, -0.25) is 4.90 Å². The van der Waals surface area contributed by atoms with Crippen molar-refractivity contribution in [3.8, 4) is 23.1 Å². The van der Waals surface area contributed by atoms with Gasteiger partial charge in [-0.1, -0.05) is 11.6 Å². The van der Waals surface area contributed by atoms with Crippen molar-refractivity contribution in [1.82, 2.24) is 25.2 Å². The summed E-state index contributed by atoms with van der Waals surface area (Å²) in [5, 5.41) is 2.99. The van der Waals surface area contributed by atoms with E-state index in [0.29, 0.717) is 31.7 Å². The first kappa shape index (κ1) is 32.9. The van der Waals surface area contributed by atoms with Crippen molar-refractivity contribution in [1.29, 1.82) is 0 Å². The lowest BCUT2D eigenvalue weighted by atomic mass is 9.70. The number of halogens is 6. The average Bonchev–Trinajstić information content (AvgIpc) is 3.52. The Bertz CT molecular complexity index is 1800. The lowest BCUT2D eigenvalue weighted by Gasteiger charge is -2.56. The van der Waals surface area contributed by atoms with E-state index in [1.165, 1.54) is 0 Å². The number of nitrogen functional groups attached to an aromatic ring is 1. The third-order valence-electron chi connectivity index (χ3n) is 11.8. The second kappa shape index (κ2) is 11.7. The fraction of sp³-hybridized carbons (Fsp3) is 0.618.